The Bertz CT molecular complexity index is 834. The van der Waals surface area contributed by atoms with Gasteiger partial charge in [0, 0.05) is 31.2 Å². The van der Waals surface area contributed by atoms with Gasteiger partial charge in [0.2, 0.25) is 0 Å². The van der Waals surface area contributed by atoms with E-state index in [2.05, 4.69) is 10.6 Å². The summed E-state index contributed by atoms with van der Waals surface area (Å²) in [6.45, 7) is 1.43. The molecule has 1 saturated heterocycles. The zero-order valence-corrected chi connectivity index (χ0v) is 14.2. The third-order valence-electron chi connectivity index (χ3n) is 5.29. The molecule has 0 aliphatic carbocycles. The van der Waals surface area contributed by atoms with Crippen LogP contribution in [0.1, 0.15) is 23.5 Å². The van der Waals surface area contributed by atoms with Crippen molar-refractivity contribution >= 4 is 17.1 Å². The second-order valence-electron chi connectivity index (χ2n) is 6.84. The molecule has 2 aromatic carbocycles. The molecule has 4 rings (SSSR count). The van der Waals surface area contributed by atoms with Gasteiger partial charge in [-0.1, -0.05) is 12.1 Å². The SMILES string of the molecule is CN1c2c(cc(Nc3ccccc3F)cc2C(F)(F)F)[C@@H]2CNCC[C@@H]21. The zero-order valence-electron chi connectivity index (χ0n) is 14.2. The van der Waals surface area contributed by atoms with Gasteiger partial charge in [-0.2, -0.15) is 13.2 Å². The van der Waals surface area contributed by atoms with Crippen LogP contribution < -0.4 is 15.5 Å². The minimum Gasteiger partial charge on any atom is -0.370 e. The van der Waals surface area contributed by atoms with Crippen molar-refractivity contribution in [2.24, 2.45) is 0 Å². The van der Waals surface area contributed by atoms with Crippen molar-refractivity contribution in [1.82, 2.24) is 5.32 Å². The lowest BCUT2D eigenvalue weighted by molar-refractivity contribution is -0.137. The maximum Gasteiger partial charge on any atom is 0.418 e. The third kappa shape index (κ3) is 2.80. The van der Waals surface area contributed by atoms with Gasteiger partial charge in [0.15, 0.2) is 0 Å². The number of alkyl halides is 3. The minimum atomic E-state index is -4.48. The second-order valence-corrected chi connectivity index (χ2v) is 6.84. The summed E-state index contributed by atoms with van der Waals surface area (Å²) in [6, 6.07) is 8.81. The Hall–Kier alpha value is -2.28. The highest BCUT2D eigenvalue weighted by molar-refractivity contribution is 5.74. The molecule has 0 amide bonds. The highest BCUT2D eigenvalue weighted by atomic mass is 19.4. The van der Waals surface area contributed by atoms with Gasteiger partial charge in [-0.3, -0.25) is 0 Å². The van der Waals surface area contributed by atoms with Crippen LogP contribution in [0.25, 0.3) is 0 Å². The van der Waals surface area contributed by atoms with Crippen LogP contribution in [0, 0.1) is 5.82 Å². The number of nitrogens with zero attached hydrogens (tertiary/aromatic N) is 1. The average molecular weight is 365 g/mol. The molecule has 0 bridgehead atoms. The Morgan fingerprint density at radius 2 is 1.96 bits per heavy atom. The van der Waals surface area contributed by atoms with E-state index in [0.717, 1.165) is 19.0 Å². The molecule has 138 valence electrons. The number of anilines is 3. The van der Waals surface area contributed by atoms with Crippen molar-refractivity contribution in [3.63, 3.8) is 0 Å². The van der Waals surface area contributed by atoms with E-state index >= 15 is 0 Å². The first-order chi connectivity index (χ1) is 12.4. The van der Waals surface area contributed by atoms with Gasteiger partial charge >= 0.3 is 6.18 Å². The van der Waals surface area contributed by atoms with E-state index in [1.54, 1.807) is 24.1 Å². The molecular formula is C19H19F4N3. The predicted molar refractivity (Wildman–Crippen MR) is 93.5 cm³/mol. The van der Waals surface area contributed by atoms with E-state index in [0.29, 0.717) is 12.1 Å². The van der Waals surface area contributed by atoms with Crippen LogP contribution >= 0.6 is 0 Å². The normalized spacial score (nSPS) is 22.1. The highest BCUT2D eigenvalue weighted by Crippen LogP contribution is 2.50. The molecule has 0 aromatic heterocycles. The number of nitrogens with one attached hydrogen (secondary N) is 2. The van der Waals surface area contributed by atoms with Gasteiger partial charge in [-0.25, -0.2) is 4.39 Å². The summed E-state index contributed by atoms with van der Waals surface area (Å²) in [5.74, 6) is -0.511. The lowest BCUT2D eigenvalue weighted by Gasteiger charge is -2.31. The quantitative estimate of drug-likeness (QED) is 0.769. The van der Waals surface area contributed by atoms with Crippen LogP contribution in [0.15, 0.2) is 36.4 Å². The van der Waals surface area contributed by atoms with Gasteiger partial charge in [0.05, 0.1) is 16.9 Å². The van der Waals surface area contributed by atoms with E-state index < -0.39 is 17.6 Å². The zero-order chi connectivity index (χ0) is 18.5. The molecule has 2 heterocycles. The summed E-state index contributed by atoms with van der Waals surface area (Å²) >= 11 is 0. The molecule has 0 radical (unpaired) electrons. The van der Waals surface area contributed by atoms with E-state index in [1.165, 1.54) is 18.2 Å². The van der Waals surface area contributed by atoms with Gasteiger partial charge < -0.3 is 15.5 Å². The third-order valence-corrected chi connectivity index (χ3v) is 5.29. The number of hydrogen-bond donors (Lipinski definition) is 2. The molecular weight excluding hydrogens is 346 g/mol. The maximum atomic E-state index is 13.9. The summed E-state index contributed by atoms with van der Waals surface area (Å²) in [7, 11) is 1.73. The lowest BCUT2D eigenvalue weighted by Crippen LogP contribution is -2.42. The number of rotatable bonds is 2. The maximum absolute atomic E-state index is 13.9. The monoisotopic (exact) mass is 365 g/mol. The van der Waals surface area contributed by atoms with Crippen molar-refractivity contribution in [1.29, 1.82) is 0 Å². The van der Waals surface area contributed by atoms with Crippen LogP contribution in [0.3, 0.4) is 0 Å². The summed E-state index contributed by atoms with van der Waals surface area (Å²) in [5.41, 5.74) is 0.644. The van der Waals surface area contributed by atoms with Crippen LogP contribution in [0.2, 0.25) is 0 Å². The van der Waals surface area contributed by atoms with Crippen molar-refractivity contribution in [3.05, 3.63) is 53.3 Å². The van der Waals surface area contributed by atoms with E-state index in [4.69, 9.17) is 0 Å². The van der Waals surface area contributed by atoms with Crippen LogP contribution in [-0.4, -0.2) is 26.2 Å². The summed E-state index contributed by atoms with van der Waals surface area (Å²) in [5, 5.41) is 6.08. The Kier molecular flexibility index (Phi) is 4.06. The number of fused-ring (bicyclic) bond motifs is 3. The Morgan fingerprint density at radius 3 is 2.69 bits per heavy atom. The number of hydrogen-bond acceptors (Lipinski definition) is 3. The molecule has 3 nitrogen and oxygen atoms in total. The highest BCUT2D eigenvalue weighted by Gasteiger charge is 2.45. The Morgan fingerprint density at radius 1 is 1.19 bits per heavy atom. The standard InChI is InChI=1S/C19H19F4N3/c1-26-17-6-7-24-10-13(17)12-8-11(9-14(18(12)26)19(21,22)23)25-16-5-3-2-4-15(16)20/h2-5,8-9,13,17,24-25H,6-7,10H2,1H3/t13-,17-/m0/s1. The van der Waals surface area contributed by atoms with Crippen LogP contribution in [0.5, 0.6) is 0 Å². The second kappa shape index (κ2) is 6.16. The topological polar surface area (TPSA) is 27.3 Å². The summed E-state index contributed by atoms with van der Waals surface area (Å²) in [6.07, 6.45) is -3.69. The van der Waals surface area contributed by atoms with E-state index in [1.807, 2.05) is 0 Å². The van der Waals surface area contributed by atoms with Crippen LogP contribution in [0.4, 0.5) is 34.6 Å². The van der Waals surface area contributed by atoms with E-state index in [9.17, 15) is 17.6 Å². The fourth-order valence-corrected chi connectivity index (χ4v) is 4.13. The smallest absolute Gasteiger partial charge is 0.370 e. The summed E-state index contributed by atoms with van der Waals surface area (Å²) in [4.78, 5) is 1.76. The number of halogens is 4. The molecule has 7 heteroatoms. The average Bonchev–Trinajstić information content (AvgIpc) is 2.89. The summed E-state index contributed by atoms with van der Waals surface area (Å²) < 4.78 is 55.2. The molecule has 26 heavy (non-hydrogen) atoms. The molecule has 2 atom stereocenters. The number of likely N-dealkylation sites (N-methyl/N-ethyl adjacent to an activating group) is 1. The first-order valence-electron chi connectivity index (χ1n) is 8.56. The van der Waals surface area contributed by atoms with Crippen LogP contribution in [-0.2, 0) is 6.18 Å². The van der Waals surface area contributed by atoms with Gasteiger partial charge in [0.25, 0.3) is 0 Å². The first-order valence-corrected chi connectivity index (χ1v) is 8.56. The van der Waals surface area contributed by atoms with E-state index in [-0.39, 0.29) is 29.0 Å². The predicted octanol–water partition coefficient (Wildman–Crippen LogP) is 4.48. The lowest BCUT2D eigenvalue weighted by atomic mass is 9.89. The molecule has 2 aromatic rings. The fraction of sp³-hybridized carbons (Fsp3) is 0.368. The van der Waals surface area contributed by atoms with Gasteiger partial charge in [-0.15, -0.1) is 0 Å². The van der Waals surface area contributed by atoms with Gasteiger partial charge in [-0.05, 0) is 42.8 Å². The molecule has 0 unspecified atom stereocenters. The molecule has 0 spiro atoms. The minimum absolute atomic E-state index is 0.00720. The largest absolute Gasteiger partial charge is 0.418 e. The fourth-order valence-electron chi connectivity index (χ4n) is 4.13. The molecule has 0 saturated carbocycles. The van der Waals surface area contributed by atoms with Crippen molar-refractivity contribution in [2.75, 3.05) is 30.4 Å². The Labute approximate surface area is 149 Å². The number of piperidine rings is 1. The van der Waals surface area contributed by atoms with Crippen molar-refractivity contribution in [2.45, 2.75) is 24.6 Å². The first kappa shape index (κ1) is 17.1. The number of para-hydroxylation sites is 1. The van der Waals surface area contributed by atoms with Gasteiger partial charge in [0.1, 0.15) is 5.82 Å². The molecule has 1 fully saturated rings. The van der Waals surface area contributed by atoms with Crippen molar-refractivity contribution in [3.8, 4) is 0 Å². The molecule has 2 N–H and O–H groups in total. The molecule has 2 aliphatic heterocycles. The number of benzene rings is 2. The Balaban J connectivity index is 1.82. The molecule has 2 aliphatic rings. The van der Waals surface area contributed by atoms with Crippen molar-refractivity contribution < 1.29 is 17.6 Å².